The smallest absolute Gasteiger partial charge is 0.411 e. The molecule has 0 aliphatic carbocycles. The SMILES string of the molecule is CCOC(=O)C(COC(=O)Nc1ccncc1)(COC(=O)Nc1ccncc1)C(=O)OCC. The Kier molecular flexibility index (Phi) is 9.55. The molecule has 0 fully saturated rings. The largest absolute Gasteiger partial charge is 0.465 e. The van der Waals surface area contributed by atoms with Crippen LogP contribution < -0.4 is 10.6 Å². The van der Waals surface area contributed by atoms with Gasteiger partial charge in [0.1, 0.15) is 13.2 Å². The highest BCUT2D eigenvalue weighted by Gasteiger charge is 2.52. The Morgan fingerprint density at radius 2 is 1.06 bits per heavy atom. The van der Waals surface area contributed by atoms with E-state index in [1.807, 2.05) is 0 Å². The summed E-state index contributed by atoms with van der Waals surface area (Å²) in [5.41, 5.74) is -1.49. The third-order valence-corrected chi connectivity index (χ3v) is 4.09. The maximum absolute atomic E-state index is 12.8. The Labute approximate surface area is 189 Å². The fraction of sp³-hybridized carbons (Fsp3) is 0.333. The number of carbonyl (C=O) groups excluding carboxylic acids is 4. The summed E-state index contributed by atoms with van der Waals surface area (Å²) in [5, 5.41) is 4.84. The minimum Gasteiger partial charge on any atom is -0.465 e. The number of hydrogen-bond acceptors (Lipinski definition) is 10. The summed E-state index contributed by atoms with van der Waals surface area (Å²) in [6, 6.07) is 6.05. The van der Waals surface area contributed by atoms with Gasteiger partial charge < -0.3 is 18.9 Å². The normalized spacial score (nSPS) is 10.5. The van der Waals surface area contributed by atoms with E-state index in [1.54, 1.807) is 0 Å². The number of carbonyl (C=O) groups is 4. The predicted octanol–water partition coefficient (Wildman–Crippen LogP) is 2.39. The molecule has 0 radical (unpaired) electrons. The molecule has 33 heavy (non-hydrogen) atoms. The van der Waals surface area contributed by atoms with Crippen molar-refractivity contribution in [2.45, 2.75) is 13.8 Å². The highest BCUT2D eigenvalue weighted by Crippen LogP contribution is 2.25. The second kappa shape index (κ2) is 12.6. The number of nitrogens with zero attached hydrogens (tertiary/aromatic N) is 2. The van der Waals surface area contributed by atoms with Gasteiger partial charge >= 0.3 is 24.1 Å². The van der Waals surface area contributed by atoms with Gasteiger partial charge in [-0.25, -0.2) is 9.59 Å². The lowest BCUT2D eigenvalue weighted by Crippen LogP contribution is -2.50. The minimum atomic E-state index is -2.24. The molecule has 2 N–H and O–H groups in total. The first-order valence-corrected chi connectivity index (χ1v) is 9.93. The molecule has 0 saturated heterocycles. The van der Waals surface area contributed by atoms with Crippen LogP contribution in [0, 0.1) is 5.41 Å². The van der Waals surface area contributed by atoms with Gasteiger partial charge in [-0.05, 0) is 38.1 Å². The van der Waals surface area contributed by atoms with Crippen LogP contribution in [0.4, 0.5) is 21.0 Å². The second-order valence-corrected chi connectivity index (χ2v) is 6.40. The molecule has 2 rings (SSSR count). The number of rotatable bonds is 10. The van der Waals surface area contributed by atoms with Crippen molar-refractivity contribution in [2.75, 3.05) is 37.1 Å². The molecular weight excluding hydrogens is 436 g/mol. The van der Waals surface area contributed by atoms with Gasteiger partial charge in [0.25, 0.3) is 0 Å². The first kappa shape index (κ1) is 25.0. The Balaban J connectivity index is 2.16. The Morgan fingerprint density at radius 1 is 0.697 bits per heavy atom. The highest BCUT2D eigenvalue weighted by atomic mass is 16.6. The van der Waals surface area contributed by atoms with Gasteiger partial charge in [-0.3, -0.25) is 30.2 Å². The van der Waals surface area contributed by atoms with Gasteiger partial charge in [0.15, 0.2) is 0 Å². The standard InChI is InChI=1S/C21H24N4O8/c1-3-30-17(26)21(18(27)31-4-2,13-32-19(28)24-15-5-9-22-10-6-15)14-33-20(29)25-16-7-11-23-12-8-16/h5-12H,3-4,13-14H2,1-2H3,(H,22,24,28)(H,23,25,29). The van der Waals surface area contributed by atoms with Crippen LogP contribution >= 0.6 is 0 Å². The van der Waals surface area contributed by atoms with Crippen LogP contribution in [0.25, 0.3) is 0 Å². The minimum absolute atomic E-state index is 0.0770. The van der Waals surface area contributed by atoms with E-state index in [0.29, 0.717) is 11.4 Å². The summed E-state index contributed by atoms with van der Waals surface area (Å²) in [6.07, 6.45) is 3.89. The number of pyridine rings is 2. The van der Waals surface area contributed by atoms with E-state index in [4.69, 9.17) is 18.9 Å². The van der Waals surface area contributed by atoms with Gasteiger partial charge in [0.05, 0.1) is 13.2 Å². The van der Waals surface area contributed by atoms with Gasteiger partial charge in [0.2, 0.25) is 5.41 Å². The molecule has 0 aliphatic heterocycles. The molecular formula is C21H24N4O8. The Bertz CT molecular complexity index is 862. The first-order chi connectivity index (χ1) is 15.9. The van der Waals surface area contributed by atoms with Gasteiger partial charge in [-0.2, -0.15) is 0 Å². The van der Waals surface area contributed by atoms with E-state index >= 15 is 0 Å². The van der Waals surface area contributed by atoms with Crippen LogP contribution in [-0.4, -0.2) is 60.5 Å². The van der Waals surface area contributed by atoms with Crippen LogP contribution in [0.15, 0.2) is 49.1 Å². The summed E-state index contributed by atoms with van der Waals surface area (Å²) in [5.74, 6) is -2.14. The lowest BCUT2D eigenvalue weighted by Gasteiger charge is -2.28. The molecule has 0 aliphatic rings. The van der Waals surface area contributed by atoms with Crippen LogP contribution in [0.2, 0.25) is 0 Å². The summed E-state index contributed by atoms with van der Waals surface area (Å²) in [4.78, 5) is 57.6. The third-order valence-electron chi connectivity index (χ3n) is 4.09. The molecule has 0 aromatic carbocycles. The third kappa shape index (κ3) is 7.45. The number of esters is 2. The molecule has 176 valence electrons. The van der Waals surface area contributed by atoms with E-state index < -0.39 is 42.8 Å². The predicted molar refractivity (Wildman–Crippen MR) is 114 cm³/mol. The van der Waals surface area contributed by atoms with Gasteiger partial charge in [0, 0.05) is 36.2 Å². The summed E-state index contributed by atoms with van der Waals surface area (Å²) in [6.45, 7) is 1.30. The summed E-state index contributed by atoms with van der Waals surface area (Å²) in [7, 11) is 0. The van der Waals surface area contributed by atoms with E-state index in [9.17, 15) is 19.2 Å². The molecule has 0 saturated carbocycles. The van der Waals surface area contributed by atoms with E-state index in [0.717, 1.165) is 0 Å². The lowest BCUT2D eigenvalue weighted by molar-refractivity contribution is -0.178. The lowest BCUT2D eigenvalue weighted by atomic mass is 9.90. The average Bonchev–Trinajstić information content (AvgIpc) is 2.81. The van der Waals surface area contributed by atoms with Gasteiger partial charge in [-0.15, -0.1) is 0 Å². The van der Waals surface area contributed by atoms with Crippen LogP contribution in [0.5, 0.6) is 0 Å². The fourth-order valence-corrected chi connectivity index (χ4v) is 2.46. The monoisotopic (exact) mass is 460 g/mol. The number of ether oxygens (including phenoxy) is 4. The zero-order chi connectivity index (χ0) is 24.1. The number of anilines is 2. The van der Waals surface area contributed by atoms with Crippen LogP contribution in [0.3, 0.4) is 0 Å². The maximum atomic E-state index is 12.8. The van der Waals surface area contributed by atoms with E-state index in [-0.39, 0.29) is 13.2 Å². The maximum Gasteiger partial charge on any atom is 0.411 e. The Morgan fingerprint density at radius 3 is 1.39 bits per heavy atom. The fourth-order valence-electron chi connectivity index (χ4n) is 2.46. The van der Waals surface area contributed by atoms with Crippen molar-refractivity contribution < 1.29 is 38.1 Å². The molecule has 12 nitrogen and oxygen atoms in total. The van der Waals surface area contributed by atoms with Crippen molar-refractivity contribution in [1.82, 2.24) is 9.97 Å². The molecule has 0 atom stereocenters. The average molecular weight is 460 g/mol. The first-order valence-electron chi connectivity index (χ1n) is 9.93. The summed E-state index contributed by atoms with van der Waals surface area (Å²) >= 11 is 0. The van der Waals surface area contributed by atoms with Crippen molar-refractivity contribution in [3.05, 3.63) is 49.1 Å². The highest BCUT2D eigenvalue weighted by molar-refractivity contribution is 6.01. The molecule has 2 amide bonds. The van der Waals surface area contributed by atoms with Crippen molar-refractivity contribution >= 4 is 35.5 Å². The molecule has 2 aromatic rings. The zero-order valence-corrected chi connectivity index (χ0v) is 18.1. The number of aromatic nitrogens is 2. The molecule has 2 aromatic heterocycles. The van der Waals surface area contributed by atoms with Crippen molar-refractivity contribution in [2.24, 2.45) is 5.41 Å². The Hall–Kier alpha value is -4.22. The molecule has 0 unspecified atom stereocenters. The van der Waals surface area contributed by atoms with Crippen LogP contribution in [-0.2, 0) is 28.5 Å². The van der Waals surface area contributed by atoms with Crippen molar-refractivity contribution in [1.29, 1.82) is 0 Å². The van der Waals surface area contributed by atoms with Crippen molar-refractivity contribution in [3.8, 4) is 0 Å². The van der Waals surface area contributed by atoms with Crippen LogP contribution in [0.1, 0.15) is 13.8 Å². The summed E-state index contributed by atoms with van der Waals surface area (Å²) < 4.78 is 20.2. The zero-order valence-electron chi connectivity index (χ0n) is 18.1. The molecule has 12 heteroatoms. The number of hydrogen-bond donors (Lipinski definition) is 2. The number of nitrogens with one attached hydrogen (secondary N) is 2. The molecule has 0 bridgehead atoms. The molecule has 2 heterocycles. The quantitative estimate of drug-likeness (QED) is 0.307. The van der Waals surface area contributed by atoms with E-state index in [2.05, 4.69) is 20.6 Å². The topological polar surface area (TPSA) is 155 Å². The molecule has 0 spiro atoms. The van der Waals surface area contributed by atoms with Crippen molar-refractivity contribution in [3.63, 3.8) is 0 Å². The second-order valence-electron chi connectivity index (χ2n) is 6.40. The number of amides is 2. The van der Waals surface area contributed by atoms with E-state index in [1.165, 1.54) is 62.9 Å². The van der Waals surface area contributed by atoms with Gasteiger partial charge in [-0.1, -0.05) is 0 Å².